The molecule has 4 saturated heterocycles. The molecule has 6 fully saturated rings. The van der Waals surface area contributed by atoms with Crippen LogP contribution in [-0.2, 0) is 41.8 Å². The Kier molecular flexibility index (Phi) is 13.3. The summed E-state index contributed by atoms with van der Waals surface area (Å²) in [6, 6.07) is 2.31. The van der Waals surface area contributed by atoms with E-state index in [1.165, 1.54) is 10.1 Å². The van der Waals surface area contributed by atoms with Gasteiger partial charge >= 0.3 is 30.1 Å². The molecule has 8 rings (SSSR count). The topological polar surface area (TPSA) is 246 Å². The molecule has 4 bridgehead atoms. The molecule has 6 heterocycles. The summed E-state index contributed by atoms with van der Waals surface area (Å²) < 4.78 is 37.1. The monoisotopic (exact) mass is 858 g/mol. The number of piperidine rings is 2. The quantitative estimate of drug-likeness (QED) is 0.258. The summed E-state index contributed by atoms with van der Waals surface area (Å²) >= 11 is 0. The number of ether oxygens (including phenoxy) is 2. The van der Waals surface area contributed by atoms with Crippen LogP contribution in [0, 0.1) is 10.8 Å². The molecule has 0 radical (unpaired) electrons. The molecule has 4 atom stereocenters. The molecule has 2 aromatic heterocycles. The number of carbonyl (C=O) groups excluding carboxylic acids is 4. The Hall–Kier alpha value is -5.16. The molecule has 6 aliphatic rings. The molecule has 2 saturated carbocycles. The Morgan fingerprint density at radius 3 is 1.68 bits per heavy atom. The van der Waals surface area contributed by atoms with E-state index in [1.807, 2.05) is 0 Å². The number of nitrogens with one attached hydrogen (secondary N) is 1. The van der Waals surface area contributed by atoms with E-state index < -0.39 is 35.8 Å². The van der Waals surface area contributed by atoms with Crippen molar-refractivity contribution in [1.82, 2.24) is 35.6 Å². The van der Waals surface area contributed by atoms with E-state index in [0.717, 1.165) is 38.5 Å². The lowest BCUT2D eigenvalue weighted by Crippen LogP contribution is -2.43. The van der Waals surface area contributed by atoms with E-state index in [1.54, 1.807) is 63.5 Å². The number of rotatable bonds is 11. The smallest absolute Gasteiger partial charge is 0.408 e. The predicted molar refractivity (Wildman–Crippen MR) is 198 cm³/mol. The van der Waals surface area contributed by atoms with E-state index in [0.29, 0.717) is 36.0 Å². The molecule has 4 aliphatic heterocycles. The first-order chi connectivity index (χ1) is 27.8. The van der Waals surface area contributed by atoms with Crippen molar-refractivity contribution in [2.45, 2.75) is 129 Å². The van der Waals surface area contributed by atoms with Crippen LogP contribution in [0.4, 0.5) is 28.2 Å². The number of nitrogens with two attached hydrogens (primary N) is 1. The number of carbonyl (C=O) groups is 5. The third-order valence-corrected chi connectivity index (χ3v) is 11.2. The number of alkyl carbamates (subject to hydrolysis) is 1. The number of aromatic nitrogens is 2. The zero-order valence-electron chi connectivity index (χ0n) is 34.3. The van der Waals surface area contributed by atoms with Crippen molar-refractivity contribution in [3.05, 3.63) is 35.0 Å². The second kappa shape index (κ2) is 17.4. The number of amides is 5. The standard InChI is InChI=1S/C23H34N4O7.C14H18N4O5.F2.FH/c1-21(2,3)32-18(28)13-31-27-17-12-26(20(27)30)16(10-23(17)7-8-23)15-9-14(34-25-15)11-24-19(29)33-22(4,5)6;15-5-8-3-9(16-23-8)10-4-14(1-2-14)11-6-17(10)13(21)18(11)22-7-12(19)20;1-2;/h9,16-17H,7-8,10-13H2,1-6H3,(H,24,29);3,10-11H,1-2,4-7,15H2,(H,19,20);;1H/t16-,17-;10-,11-;;/m00../s1. The maximum absolute atomic E-state index is 13.2. The number of hydrogen-bond acceptors (Lipinski definition) is 14. The van der Waals surface area contributed by atoms with Gasteiger partial charge in [-0.25, -0.2) is 24.0 Å². The number of esters is 1. The van der Waals surface area contributed by atoms with Crippen LogP contribution >= 0.6 is 0 Å². The SMILES string of the molecule is CC(C)(C)OC(=O)CON1C(=O)N2C[C@H]1C1(CC1)C[C@H]2c1cc(CNC(=O)OC(C)(C)C)on1.F.FF.NCc1cc([C@@H]2CC3(CC3)[C@@H]3CN2C(=O)N3OCC(=O)O)no1. The van der Waals surface area contributed by atoms with Crippen molar-refractivity contribution in [3.8, 4) is 0 Å². The molecule has 20 nitrogen and oxygen atoms in total. The second-order valence-corrected chi connectivity index (χ2v) is 17.7. The Morgan fingerprint density at radius 1 is 0.817 bits per heavy atom. The van der Waals surface area contributed by atoms with Crippen LogP contribution in [0.1, 0.15) is 115 Å². The Morgan fingerprint density at radius 2 is 1.27 bits per heavy atom. The Bertz CT molecular complexity index is 1890. The first kappa shape index (κ1) is 45.9. The Labute approximate surface area is 343 Å². The normalized spacial score (nSPS) is 23.9. The van der Waals surface area contributed by atoms with E-state index in [2.05, 4.69) is 15.6 Å². The lowest BCUT2D eigenvalue weighted by atomic mass is 9.84. The van der Waals surface area contributed by atoms with Gasteiger partial charge in [0, 0.05) is 34.4 Å². The maximum atomic E-state index is 13.2. The minimum atomic E-state index is -1.10. The summed E-state index contributed by atoms with van der Waals surface area (Å²) in [7, 11) is 0. The molecule has 334 valence electrons. The van der Waals surface area contributed by atoms with Gasteiger partial charge in [0.2, 0.25) is 0 Å². The van der Waals surface area contributed by atoms with E-state index in [-0.39, 0.29) is 71.5 Å². The first-order valence-electron chi connectivity index (χ1n) is 19.4. The average molecular weight is 859 g/mol. The van der Waals surface area contributed by atoms with Gasteiger partial charge in [0.1, 0.15) is 22.6 Å². The number of nitrogens with zero attached hydrogens (tertiary/aromatic N) is 6. The molecule has 2 spiro atoms. The third kappa shape index (κ3) is 9.89. The van der Waals surface area contributed by atoms with Gasteiger partial charge in [-0.3, -0.25) is 14.4 Å². The van der Waals surface area contributed by atoms with Gasteiger partial charge in [-0.15, -0.1) is 0 Å². The lowest BCUT2D eigenvalue weighted by Gasteiger charge is -2.35. The number of carboxylic acid groups (broad SMARTS) is 1. The molecular weight excluding hydrogens is 805 g/mol. The number of aliphatic carboxylic acids is 1. The summed E-state index contributed by atoms with van der Waals surface area (Å²) in [5.74, 6) is -0.563. The number of halogens is 3. The third-order valence-electron chi connectivity index (χ3n) is 11.2. The highest BCUT2D eigenvalue weighted by Crippen LogP contribution is 2.63. The van der Waals surface area contributed by atoms with Crippen molar-refractivity contribution >= 4 is 30.1 Å². The minimum absolute atomic E-state index is 0. The number of urea groups is 2. The van der Waals surface area contributed by atoms with Crippen LogP contribution in [0.2, 0.25) is 0 Å². The van der Waals surface area contributed by atoms with Gasteiger partial charge in [-0.2, -0.15) is 10.1 Å². The summed E-state index contributed by atoms with van der Waals surface area (Å²) in [6.07, 6.45) is 4.94. The second-order valence-electron chi connectivity index (χ2n) is 17.7. The van der Waals surface area contributed by atoms with Crippen LogP contribution in [0.3, 0.4) is 0 Å². The lowest BCUT2D eigenvalue weighted by molar-refractivity contribution is -0.185. The van der Waals surface area contributed by atoms with Gasteiger partial charge < -0.3 is 44.5 Å². The number of hydrogen-bond donors (Lipinski definition) is 3. The summed E-state index contributed by atoms with van der Waals surface area (Å²) in [6.45, 7) is 11.3. The fraction of sp³-hybridized carbons (Fsp3) is 0.703. The minimum Gasteiger partial charge on any atom is -0.479 e. The molecule has 60 heavy (non-hydrogen) atoms. The molecule has 5 amide bonds. The van der Waals surface area contributed by atoms with Crippen LogP contribution in [-0.4, -0.2) is 115 Å². The fourth-order valence-corrected chi connectivity index (χ4v) is 8.32. The van der Waals surface area contributed by atoms with Crippen molar-refractivity contribution < 1.29 is 71.1 Å². The van der Waals surface area contributed by atoms with E-state index in [4.69, 9.17) is 48.2 Å². The van der Waals surface area contributed by atoms with Gasteiger partial charge in [-0.05, 0) is 90.9 Å². The average Bonchev–Trinajstić information content (AvgIpc) is 3.86. The van der Waals surface area contributed by atoms with E-state index >= 15 is 0 Å². The van der Waals surface area contributed by atoms with Crippen LogP contribution in [0.5, 0.6) is 0 Å². The number of fused-ring (bicyclic) bond motifs is 6. The van der Waals surface area contributed by atoms with Gasteiger partial charge in [0.25, 0.3) is 0 Å². The highest BCUT2D eigenvalue weighted by molar-refractivity contribution is 5.79. The van der Waals surface area contributed by atoms with E-state index in [9.17, 15) is 24.0 Å². The van der Waals surface area contributed by atoms with Crippen LogP contribution < -0.4 is 11.1 Å². The molecule has 0 unspecified atom stereocenters. The van der Waals surface area contributed by atoms with Crippen LogP contribution in [0.15, 0.2) is 21.2 Å². The van der Waals surface area contributed by atoms with Gasteiger partial charge in [0.05, 0.1) is 37.3 Å². The Balaban J connectivity index is 0.000000229. The molecule has 23 heteroatoms. The highest BCUT2D eigenvalue weighted by atomic mass is 20.0. The molecular formula is C37H53F3N8O12. The summed E-state index contributed by atoms with van der Waals surface area (Å²) in [5.41, 5.74) is 5.60. The molecule has 2 aromatic rings. The zero-order chi connectivity index (χ0) is 43.1. The van der Waals surface area contributed by atoms with Crippen molar-refractivity contribution in [1.29, 1.82) is 0 Å². The van der Waals surface area contributed by atoms with Gasteiger partial charge in [-0.1, -0.05) is 10.3 Å². The summed E-state index contributed by atoms with van der Waals surface area (Å²) in [4.78, 5) is 74.9. The number of carboxylic acids is 1. The van der Waals surface area contributed by atoms with Crippen molar-refractivity contribution in [3.63, 3.8) is 0 Å². The van der Waals surface area contributed by atoms with Crippen molar-refractivity contribution in [2.75, 3.05) is 26.3 Å². The largest absolute Gasteiger partial charge is 0.479 e. The molecule has 2 aliphatic carbocycles. The van der Waals surface area contributed by atoms with Gasteiger partial charge in [0.15, 0.2) is 24.7 Å². The molecule has 0 aromatic carbocycles. The fourth-order valence-electron chi connectivity index (χ4n) is 8.32. The maximum Gasteiger partial charge on any atom is 0.408 e. The molecule has 4 N–H and O–H groups in total. The highest BCUT2D eigenvalue weighted by Gasteiger charge is 2.65. The zero-order valence-corrected chi connectivity index (χ0v) is 34.3. The predicted octanol–water partition coefficient (Wildman–Crippen LogP) is 4.78. The summed E-state index contributed by atoms with van der Waals surface area (Å²) in [5, 5.41) is 22.3. The van der Waals surface area contributed by atoms with Crippen molar-refractivity contribution in [2.24, 2.45) is 16.6 Å². The van der Waals surface area contributed by atoms with Crippen LogP contribution in [0.25, 0.3) is 0 Å². The number of hydroxylamine groups is 4. The first-order valence-corrected chi connectivity index (χ1v) is 19.4.